The monoisotopic (exact) mass is 366 g/mol. The summed E-state index contributed by atoms with van der Waals surface area (Å²) in [5.41, 5.74) is 1.13. The van der Waals surface area contributed by atoms with Crippen LogP contribution < -0.4 is 14.8 Å². The highest BCUT2D eigenvalue weighted by atomic mass is 32.2. The van der Waals surface area contributed by atoms with E-state index in [1.54, 1.807) is 11.4 Å². The molecule has 1 aromatic carbocycles. The van der Waals surface area contributed by atoms with Crippen LogP contribution in [0.2, 0.25) is 0 Å². The van der Waals surface area contributed by atoms with E-state index < -0.39 is 10.0 Å². The van der Waals surface area contributed by atoms with Gasteiger partial charge < -0.3 is 10.1 Å². The number of hydrogen-bond donors (Lipinski definition) is 2. The Morgan fingerprint density at radius 3 is 2.88 bits per heavy atom. The first-order valence-electron chi connectivity index (χ1n) is 7.55. The van der Waals surface area contributed by atoms with Crippen molar-refractivity contribution >= 4 is 27.3 Å². The molecule has 2 aromatic rings. The van der Waals surface area contributed by atoms with Crippen LogP contribution in [0.3, 0.4) is 0 Å². The lowest BCUT2D eigenvalue weighted by Gasteiger charge is -2.25. The SMILES string of the molecule is O=C(CNS(=O)(=O)c1cccs1)NCC1COc2ccccc2C1. The van der Waals surface area contributed by atoms with E-state index in [0.29, 0.717) is 13.2 Å². The lowest BCUT2D eigenvalue weighted by Crippen LogP contribution is -2.40. The Bertz CT molecular complexity index is 803. The van der Waals surface area contributed by atoms with Crippen molar-refractivity contribution in [2.75, 3.05) is 19.7 Å². The van der Waals surface area contributed by atoms with Gasteiger partial charge in [-0.15, -0.1) is 11.3 Å². The van der Waals surface area contributed by atoms with Crippen LogP contribution in [0.5, 0.6) is 5.75 Å². The number of carbonyl (C=O) groups is 1. The maximum atomic E-state index is 11.9. The smallest absolute Gasteiger partial charge is 0.250 e. The minimum absolute atomic E-state index is 0.178. The van der Waals surface area contributed by atoms with Crippen molar-refractivity contribution in [2.45, 2.75) is 10.6 Å². The van der Waals surface area contributed by atoms with Crippen molar-refractivity contribution in [3.8, 4) is 5.75 Å². The second-order valence-electron chi connectivity index (χ2n) is 5.55. The van der Waals surface area contributed by atoms with Gasteiger partial charge in [-0.2, -0.15) is 0 Å². The van der Waals surface area contributed by atoms with Crippen molar-refractivity contribution in [1.29, 1.82) is 0 Å². The summed E-state index contributed by atoms with van der Waals surface area (Å²) in [6.45, 7) is 0.719. The molecule has 0 bridgehead atoms. The van der Waals surface area contributed by atoms with Crippen molar-refractivity contribution in [3.05, 3.63) is 47.3 Å². The van der Waals surface area contributed by atoms with Gasteiger partial charge in [0.2, 0.25) is 5.91 Å². The molecule has 24 heavy (non-hydrogen) atoms. The Hall–Kier alpha value is -1.90. The number of para-hydroxylation sites is 1. The van der Waals surface area contributed by atoms with Gasteiger partial charge in [-0.3, -0.25) is 4.79 Å². The third kappa shape index (κ3) is 4.14. The molecule has 0 radical (unpaired) electrons. The molecule has 0 fully saturated rings. The number of thiophene rings is 1. The fourth-order valence-electron chi connectivity index (χ4n) is 2.49. The van der Waals surface area contributed by atoms with E-state index in [1.807, 2.05) is 24.3 Å². The predicted octanol–water partition coefficient (Wildman–Crippen LogP) is 1.39. The van der Waals surface area contributed by atoms with E-state index in [4.69, 9.17) is 4.74 Å². The largest absolute Gasteiger partial charge is 0.493 e. The molecule has 128 valence electrons. The van der Waals surface area contributed by atoms with E-state index in [2.05, 4.69) is 10.0 Å². The first-order valence-corrected chi connectivity index (χ1v) is 9.91. The normalized spacial score (nSPS) is 16.9. The van der Waals surface area contributed by atoms with Gasteiger partial charge in [0, 0.05) is 12.5 Å². The summed E-state index contributed by atoms with van der Waals surface area (Å²) < 4.78 is 32.1. The maximum Gasteiger partial charge on any atom is 0.250 e. The van der Waals surface area contributed by atoms with Gasteiger partial charge in [-0.1, -0.05) is 24.3 Å². The number of benzene rings is 1. The first kappa shape index (κ1) is 16.9. The molecule has 3 rings (SSSR count). The molecule has 0 spiro atoms. The summed E-state index contributed by atoms with van der Waals surface area (Å²) in [6, 6.07) is 11.0. The third-order valence-electron chi connectivity index (χ3n) is 3.73. The number of amides is 1. The van der Waals surface area contributed by atoms with Gasteiger partial charge in [-0.05, 0) is 29.5 Å². The van der Waals surface area contributed by atoms with Gasteiger partial charge in [0.15, 0.2) is 0 Å². The van der Waals surface area contributed by atoms with Crippen LogP contribution in [0.25, 0.3) is 0 Å². The molecular weight excluding hydrogens is 348 g/mol. The molecule has 1 amide bonds. The molecule has 1 aliphatic rings. The number of ether oxygens (including phenoxy) is 1. The molecular formula is C16H18N2O4S2. The lowest BCUT2D eigenvalue weighted by molar-refractivity contribution is -0.120. The highest BCUT2D eigenvalue weighted by molar-refractivity contribution is 7.91. The molecule has 0 saturated carbocycles. The second kappa shape index (κ2) is 7.33. The number of hydrogen-bond acceptors (Lipinski definition) is 5. The van der Waals surface area contributed by atoms with E-state index in [1.165, 1.54) is 6.07 Å². The van der Waals surface area contributed by atoms with Gasteiger partial charge in [-0.25, -0.2) is 13.1 Å². The summed E-state index contributed by atoms with van der Waals surface area (Å²) in [5.74, 6) is 0.718. The van der Waals surface area contributed by atoms with Crippen molar-refractivity contribution < 1.29 is 17.9 Å². The summed E-state index contributed by atoms with van der Waals surface area (Å²) in [5, 5.41) is 4.43. The van der Waals surface area contributed by atoms with Crippen LogP contribution in [0.1, 0.15) is 5.56 Å². The summed E-state index contributed by atoms with van der Waals surface area (Å²) >= 11 is 1.11. The zero-order valence-corrected chi connectivity index (χ0v) is 14.5. The number of rotatable bonds is 6. The Morgan fingerprint density at radius 1 is 1.25 bits per heavy atom. The minimum atomic E-state index is -3.61. The van der Waals surface area contributed by atoms with E-state index >= 15 is 0 Å². The van der Waals surface area contributed by atoms with Crippen molar-refractivity contribution in [2.24, 2.45) is 5.92 Å². The quantitative estimate of drug-likeness (QED) is 0.809. The molecule has 0 aliphatic carbocycles. The average Bonchev–Trinajstić information content (AvgIpc) is 3.13. The Morgan fingerprint density at radius 2 is 2.08 bits per heavy atom. The lowest BCUT2D eigenvalue weighted by atomic mass is 9.97. The third-order valence-corrected chi connectivity index (χ3v) is 6.53. The highest BCUT2D eigenvalue weighted by Crippen LogP contribution is 2.26. The molecule has 1 atom stereocenters. The maximum absolute atomic E-state index is 11.9. The van der Waals surface area contributed by atoms with Crippen LogP contribution in [-0.4, -0.2) is 34.0 Å². The van der Waals surface area contributed by atoms with Crippen LogP contribution in [0.4, 0.5) is 0 Å². The Labute approximate surface area is 144 Å². The highest BCUT2D eigenvalue weighted by Gasteiger charge is 2.21. The number of nitrogens with one attached hydrogen (secondary N) is 2. The topological polar surface area (TPSA) is 84.5 Å². The van der Waals surface area contributed by atoms with Crippen molar-refractivity contribution in [3.63, 3.8) is 0 Å². The average molecular weight is 366 g/mol. The number of carbonyl (C=O) groups excluding carboxylic acids is 1. The molecule has 6 nitrogen and oxygen atoms in total. The zero-order valence-electron chi connectivity index (χ0n) is 12.9. The standard InChI is InChI=1S/C16H18N2O4S2/c19-15(10-18-24(20,21)16-6-3-7-23-16)17-9-12-8-13-4-1-2-5-14(13)22-11-12/h1-7,12,18H,8-11H2,(H,17,19). The van der Waals surface area contributed by atoms with Gasteiger partial charge in [0.1, 0.15) is 9.96 Å². The van der Waals surface area contributed by atoms with Crippen LogP contribution >= 0.6 is 11.3 Å². The first-order chi connectivity index (χ1) is 11.5. The predicted molar refractivity (Wildman–Crippen MR) is 91.6 cm³/mol. The molecule has 0 saturated heterocycles. The molecule has 1 aliphatic heterocycles. The number of sulfonamides is 1. The summed E-state index contributed by atoms with van der Waals surface area (Å²) in [7, 11) is -3.61. The molecule has 8 heteroatoms. The molecule has 2 heterocycles. The van der Waals surface area contributed by atoms with E-state index in [0.717, 1.165) is 29.1 Å². The fourth-order valence-corrected chi connectivity index (χ4v) is 4.51. The fraction of sp³-hybridized carbons (Fsp3) is 0.312. The van der Waals surface area contributed by atoms with Crippen LogP contribution in [-0.2, 0) is 21.2 Å². The summed E-state index contributed by atoms with van der Waals surface area (Å²) in [6.07, 6.45) is 0.831. The molecule has 2 N–H and O–H groups in total. The van der Waals surface area contributed by atoms with Crippen molar-refractivity contribution in [1.82, 2.24) is 10.0 Å². The molecule has 1 aromatic heterocycles. The van der Waals surface area contributed by atoms with Gasteiger partial charge in [0.05, 0.1) is 13.2 Å². The van der Waals surface area contributed by atoms with E-state index in [9.17, 15) is 13.2 Å². The van der Waals surface area contributed by atoms with Crippen LogP contribution in [0, 0.1) is 5.92 Å². The zero-order chi connectivity index (χ0) is 17.0. The minimum Gasteiger partial charge on any atom is -0.493 e. The Kier molecular flexibility index (Phi) is 5.17. The van der Waals surface area contributed by atoms with E-state index in [-0.39, 0.29) is 22.6 Å². The second-order valence-corrected chi connectivity index (χ2v) is 8.49. The molecule has 1 unspecified atom stereocenters. The number of fused-ring (bicyclic) bond motifs is 1. The van der Waals surface area contributed by atoms with Gasteiger partial charge >= 0.3 is 0 Å². The van der Waals surface area contributed by atoms with Crippen LogP contribution in [0.15, 0.2) is 46.0 Å². The summed E-state index contributed by atoms with van der Waals surface area (Å²) in [4.78, 5) is 11.9. The Balaban J connectivity index is 1.45. The van der Waals surface area contributed by atoms with Gasteiger partial charge in [0.25, 0.3) is 10.0 Å².